The van der Waals surface area contributed by atoms with Crippen LogP contribution < -0.4 is 15.5 Å². The fourth-order valence-corrected chi connectivity index (χ4v) is 2.30. The number of amides is 1. The summed E-state index contributed by atoms with van der Waals surface area (Å²) in [7, 11) is 3.86. The molecule has 116 valence electrons. The van der Waals surface area contributed by atoms with Crippen molar-refractivity contribution in [3.63, 3.8) is 0 Å². The molecule has 1 amide bonds. The van der Waals surface area contributed by atoms with Gasteiger partial charge < -0.3 is 20.3 Å². The maximum absolute atomic E-state index is 12.3. The molecule has 1 fully saturated rings. The van der Waals surface area contributed by atoms with E-state index in [1.807, 2.05) is 31.1 Å². The number of hydrogen-bond donors (Lipinski definition) is 2. The summed E-state index contributed by atoms with van der Waals surface area (Å²) in [4.78, 5) is 18.5. The van der Waals surface area contributed by atoms with Crippen molar-refractivity contribution < 1.29 is 9.53 Å². The molecule has 1 aromatic heterocycles. The lowest BCUT2D eigenvalue weighted by Gasteiger charge is -2.18. The smallest absolute Gasteiger partial charge is 0.231 e. The van der Waals surface area contributed by atoms with Crippen LogP contribution in [0.15, 0.2) is 18.3 Å². The summed E-state index contributed by atoms with van der Waals surface area (Å²) in [6, 6.07) is 3.84. The normalized spacial score (nSPS) is 21.3. The maximum atomic E-state index is 12.3. The molecular formula is C15H24N4O2. The lowest BCUT2D eigenvalue weighted by Crippen LogP contribution is -2.41. The Morgan fingerprint density at radius 2 is 2.24 bits per heavy atom. The van der Waals surface area contributed by atoms with Crippen LogP contribution in [0.2, 0.25) is 0 Å². The largest absolute Gasteiger partial charge is 0.379 e. The number of carbonyl (C=O) groups is 1. The molecule has 6 nitrogen and oxygen atoms in total. The molecule has 1 aliphatic heterocycles. The van der Waals surface area contributed by atoms with Crippen LogP contribution in [0.25, 0.3) is 0 Å². The molecule has 2 heterocycles. The zero-order chi connectivity index (χ0) is 15.2. The van der Waals surface area contributed by atoms with Gasteiger partial charge in [-0.25, -0.2) is 4.98 Å². The van der Waals surface area contributed by atoms with Crippen molar-refractivity contribution in [1.82, 2.24) is 10.3 Å². The number of nitrogens with one attached hydrogen (secondary N) is 2. The van der Waals surface area contributed by atoms with Crippen LogP contribution in [0, 0.1) is 5.92 Å². The van der Waals surface area contributed by atoms with E-state index in [1.54, 1.807) is 6.20 Å². The zero-order valence-electron chi connectivity index (χ0n) is 12.9. The molecule has 2 atom stereocenters. The topological polar surface area (TPSA) is 66.5 Å². The van der Waals surface area contributed by atoms with E-state index >= 15 is 0 Å². The summed E-state index contributed by atoms with van der Waals surface area (Å²) < 4.78 is 5.43. The highest BCUT2D eigenvalue weighted by Crippen LogP contribution is 2.18. The standard InChI is InChI=1S/C15H24N4O2/c1-4-7-16-13-10-21-9-12(13)15(20)18-11-5-6-14(17-8-11)19(2)3/h5-6,8,12-13,16H,4,7,9-10H2,1-3H3,(H,18,20). The Bertz CT molecular complexity index is 461. The van der Waals surface area contributed by atoms with E-state index in [9.17, 15) is 4.79 Å². The fraction of sp³-hybridized carbons (Fsp3) is 0.600. The molecule has 0 aliphatic carbocycles. The van der Waals surface area contributed by atoms with Crippen LogP contribution in [0.3, 0.4) is 0 Å². The van der Waals surface area contributed by atoms with Crippen molar-refractivity contribution in [1.29, 1.82) is 0 Å². The van der Waals surface area contributed by atoms with Gasteiger partial charge >= 0.3 is 0 Å². The molecule has 21 heavy (non-hydrogen) atoms. The van der Waals surface area contributed by atoms with Gasteiger partial charge in [0.2, 0.25) is 5.91 Å². The number of hydrogen-bond acceptors (Lipinski definition) is 5. The molecule has 0 radical (unpaired) electrons. The first-order valence-corrected chi connectivity index (χ1v) is 7.37. The molecule has 1 aliphatic rings. The van der Waals surface area contributed by atoms with Gasteiger partial charge in [0.1, 0.15) is 5.82 Å². The Balaban J connectivity index is 1.93. The van der Waals surface area contributed by atoms with E-state index in [4.69, 9.17) is 4.74 Å². The third kappa shape index (κ3) is 4.15. The van der Waals surface area contributed by atoms with Crippen LogP contribution in [0.4, 0.5) is 11.5 Å². The minimum absolute atomic E-state index is 0.0134. The van der Waals surface area contributed by atoms with Gasteiger partial charge in [-0.2, -0.15) is 0 Å². The first-order chi connectivity index (χ1) is 10.1. The molecule has 2 rings (SSSR count). The second-order valence-corrected chi connectivity index (χ2v) is 5.49. The van der Waals surface area contributed by atoms with Crippen molar-refractivity contribution in [3.05, 3.63) is 18.3 Å². The Labute approximate surface area is 125 Å². The minimum atomic E-state index is -0.148. The first kappa shape index (κ1) is 15.7. The fourth-order valence-electron chi connectivity index (χ4n) is 2.30. The highest BCUT2D eigenvalue weighted by atomic mass is 16.5. The Morgan fingerprint density at radius 1 is 1.43 bits per heavy atom. The highest BCUT2D eigenvalue weighted by Gasteiger charge is 2.33. The number of ether oxygens (including phenoxy) is 1. The lowest BCUT2D eigenvalue weighted by atomic mass is 10.0. The molecule has 0 saturated carbocycles. The monoisotopic (exact) mass is 292 g/mol. The summed E-state index contributed by atoms with van der Waals surface area (Å²) >= 11 is 0. The number of aromatic nitrogens is 1. The van der Waals surface area contributed by atoms with Gasteiger partial charge in [0.15, 0.2) is 0 Å². The van der Waals surface area contributed by atoms with E-state index in [1.165, 1.54) is 0 Å². The van der Waals surface area contributed by atoms with Gasteiger partial charge in [0.25, 0.3) is 0 Å². The Morgan fingerprint density at radius 3 is 2.86 bits per heavy atom. The summed E-state index contributed by atoms with van der Waals surface area (Å²) in [6.45, 7) is 4.07. The summed E-state index contributed by atoms with van der Waals surface area (Å²) in [5.74, 6) is 0.699. The number of rotatable bonds is 6. The quantitative estimate of drug-likeness (QED) is 0.822. The van der Waals surface area contributed by atoms with E-state index < -0.39 is 0 Å². The van der Waals surface area contributed by atoms with E-state index in [2.05, 4.69) is 22.5 Å². The molecule has 0 aromatic carbocycles. The van der Waals surface area contributed by atoms with Crippen LogP contribution >= 0.6 is 0 Å². The minimum Gasteiger partial charge on any atom is -0.379 e. The maximum Gasteiger partial charge on any atom is 0.231 e. The van der Waals surface area contributed by atoms with Crippen molar-refractivity contribution in [2.45, 2.75) is 19.4 Å². The van der Waals surface area contributed by atoms with Gasteiger partial charge in [-0.3, -0.25) is 4.79 Å². The van der Waals surface area contributed by atoms with Crippen molar-refractivity contribution in [2.75, 3.05) is 44.1 Å². The zero-order valence-corrected chi connectivity index (χ0v) is 12.9. The Hall–Kier alpha value is -1.66. The molecule has 0 bridgehead atoms. The van der Waals surface area contributed by atoms with Crippen LogP contribution in [-0.2, 0) is 9.53 Å². The average molecular weight is 292 g/mol. The summed E-state index contributed by atoms with van der Waals surface area (Å²) in [5.41, 5.74) is 0.715. The lowest BCUT2D eigenvalue weighted by molar-refractivity contribution is -0.120. The SMILES string of the molecule is CCCNC1COCC1C(=O)Nc1ccc(N(C)C)nc1. The second-order valence-electron chi connectivity index (χ2n) is 5.49. The first-order valence-electron chi connectivity index (χ1n) is 7.37. The van der Waals surface area contributed by atoms with Gasteiger partial charge in [-0.05, 0) is 25.1 Å². The highest BCUT2D eigenvalue weighted by molar-refractivity contribution is 5.93. The number of carbonyl (C=O) groups excluding carboxylic acids is 1. The van der Waals surface area contributed by atoms with E-state index in [0.29, 0.717) is 18.9 Å². The van der Waals surface area contributed by atoms with Crippen LogP contribution in [0.5, 0.6) is 0 Å². The molecule has 1 aromatic rings. The summed E-state index contributed by atoms with van der Waals surface area (Å²) in [6.07, 6.45) is 2.72. The van der Waals surface area contributed by atoms with Crippen molar-refractivity contribution in [2.24, 2.45) is 5.92 Å². The number of pyridine rings is 1. The third-order valence-electron chi connectivity index (χ3n) is 3.55. The Kier molecular flexibility index (Phi) is 5.52. The van der Waals surface area contributed by atoms with Crippen LogP contribution in [0.1, 0.15) is 13.3 Å². The van der Waals surface area contributed by atoms with Gasteiger partial charge in [0.05, 0.1) is 31.0 Å². The molecule has 1 saturated heterocycles. The molecule has 2 N–H and O–H groups in total. The van der Waals surface area contributed by atoms with E-state index in [0.717, 1.165) is 18.8 Å². The van der Waals surface area contributed by atoms with Gasteiger partial charge in [-0.1, -0.05) is 6.92 Å². The predicted molar refractivity (Wildman–Crippen MR) is 83.6 cm³/mol. The predicted octanol–water partition coefficient (Wildman–Crippen LogP) is 1.10. The molecule has 0 spiro atoms. The van der Waals surface area contributed by atoms with Crippen molar-refractivity contribution in [3.8, 4) is 0 Å². The summed E-state index contributed by atoms with van der Waals surface area (Å²) in [5, 5.41) is 6.28. The second kappa shape index (κ2) is 7.38. The molecule has 6 heteroatoms. The van der Waals surface area contributed by atoms with Gasteiger partial charge in [-0.15, -0.1) is 0 Å². The average Bonchev–Trinajstić information content (AvgIpc) is 2.94. The van der Waals surface area contributed by atoms with Gasteiger partial charge in [0, 0.05) is 20.1 Å². The van der Waals surface area contributed by atoms with E-state index in [-0.39, 0.29) is 17.9 Å². The third-order valence-corrected chi connectivity index (χ3v) is 3.55. The van der Waals surface area contributed by atoms with Crippen molar-refractivity contribution >= 4 is 17.4 Å². The number of nitrogens with zero attached hydrogens (tertiary/aromatic N) is 2. The molecular weight excluding hydrogens is 268 g/mol. The number of anilines is 2. The molecule has 2 unspecified atom stereocenters. The van der Waals surface area contributed by atoms with Crippen LogP contribution in [-0.4, -0.2) is 50.8 Å².